The normalized spacial score (nSPS) is 11.5. The van der Waals surface area contributed by atoms with Crippen molar-refractivity contribution in [3.8, 4) is 22.4 Å². The molecule has 128 valence electrons. The van der Waals surface area contributed by atoms with Gasteiger partial charge in [-0.05, 0) is 30.3 Å². The highest BCUT2D eigenvalue weighted by molar-refractivity contribution is 7.89. The van der Waals surface area contributed by atoms with Crippen LogP contribution in [-0.2, 0) is 10.0 Å². The van der Waals surface area contributed by atoms with Gasteiger partial charge in [-0.1, -0.05) is 29.8 Å². The Hall–Kier alpha value is -2.35. The minimum absolute atomic E-state index is 0.122. The molecule has 25 heavy (non-hydrogen) atoms. The monoisotopic (exact) mass is 380 g/mol. The minimum Gasteiger partial charge on any atom is -0.256 e. The van der Waals surface area contributed by atoms with E-state index >= 15 is 0 Å². The molecule has 3 rings (SSSR count). The largest absolute Gasteiger partial charge is 0.256 e. The summed E-state index contributed by atoms with van der Waals surface area (Å²) in [4.78, 5) is 3.32. The molecule has 1 aromatic heterocycles. The lowest BCUT2D eigenvalue weighted by Crippen LogP contribution is -2.14. The van der Waals surface area contributed by atoms with E-state index in [0.717, 1.165) is 6.07 Å². The van der Waals surface area contributed by atoms with Crippen molar-refractivity contribution in [3.63, 3.8) is 0 Å². The summed E-state index contributed by atoms with van der Waals surface area (Å²) in [6.07, 6.45) is 1.51. The van der Waals surface area contributed by atoms with Crippen molar-refractivity contribution in [2.24, 2.45) is 5.14 Å². The van der Waals surface area contributed by atoms with Crippen molar-refractivity contribution in [2.45, 2.75) is 4.90 Å². The summed E-state index contributed by atoms with van der Waals surface area (Å²) in [6, 6.07) is 11.2. The van der Waals surface area contributed by atoms with Crippen molar-refractivity contribution in [3.05, 3.63) is 71.4 Å². The summed E-state index contributed by atoms with van der Waals surface area (Å²) < 4.78 is 51.2. The van der Waals surface area contributed by atoms with Crippen LogP contribution in [0, 0.1) is 11.6 Å². The fraction of sp³-hybridized carbons (Fsp3) is 0. The molecule has 0 aliphatic heterocycles. The van der Waals surface area contributed by atoms with Crippen molar-refractivity contribution in [2.75, 3.05) is 0 Å². The molecule has 0 unspecified atom stereocenters. The van der Waals surface area contributed by atoms with Crippen LogP contribution in [0.4, 0.5) is 8.78 Å². The predicted octanol–water partition coefficient (Wildman–Crippen LogP) is 3.99. The van der Waals surface area contributed by atoms with E-state index in [2.05, 4.69) is 4.98 Å². The van der Waals surface area contributed by atoms with E-state index in [9.17, 15) is 17.2 Å². The predicted molar refractivity (Wildman–Crippen MR) is 91.4 cm³/mol. The van der Waals surface area contributed by atoms with Crippen molar-refractivity contribution >= 4 is 21.6 Å². The van der Waals surface area contributed by atoms with Crippen LogP contribution < -0.4 is 5.14 Å². The van der Waals surface area contributed by atoms with E-state index in [1.165, 1.54) is 6.20 Å². The molecule has 0 radical (unpaired) electrons. The first kappa shape index (κ1) is 17.5. The number of nitrogens with zero attached hydrogens (tertiary/aromatic N) is 1. The van der Waals surface area contributed by atoms with Crippen molar-refractivity contribution < 1.29 is 17.2 Å². The minimum atomic E-state index is -4.37. The number of aromatic nitrogens is 1. The first-order valence-electron chi connectivity index (χ1n) is 7.00. The first-order valence-corrected chi connectivity index (χ1v) is 8.93. The molecular formula is C17H11ClF2N2O2S. The highest BCUT2D eigenvalue weighted by atomic mass is 35.5. The molecule has 0 saturated carbocycles. The Morgan fingerprint density at radius 3 is 2.28 bits per heavy atom. The zero-order valence-corrected chi connectivity index (χ0v) is 14.2. The lowest BCUT2D eigenvalue weighted by atomic mass is 9.99. The van der Waals surface area contributed by atoms with Gasteiger partial charge in [0.1, 0.15) is 16.5 Å². The van der Waals surface area contributed by atoms with Crippen molar-refractivity contribution in [1.29, 1.82) is 0 Å². The molecule has 0 saturated heterocycles. The Morgan fingerprint density at radius 2 is 1.64 bits per heavy atom. The van der Waals surface area contributed by atoms with Gasteiger partial charge < -0.3 is 0 Å². The second kappa shape index (κ2) is 6.51. The lowest BCUT2D eigenvalue weighted by molar-refractivity contribution is 0.555. The highest BCUT2D eigenvalue weighted by Gasteiger charge is 2.20. The number of nitrogens with two attached hydrogens (primary N) is 1. The van der Waals surface area contributed by atoms with Crippen LogP contribution in [0.1, 0.15) is 0 Å². The fourth-order valence-corrected chi connectivity index (χ4v) is 3.14. The zero-order chi connectivity index (χ0) is 18.2. The number of rotatable bonds is 3. The Labute approximate surface area is 148 Å². The molecule has 0 fully saturated rings. The average molecular weight is 381 g/mol. The lowest BCUT2D eigenvalue weighted by Gasteiger charge is -2.11. The van der Waals surface area contributed by atoms with Gasteiger partial charge in [0, 0.05) is 27.9 Å². The molecule has 4 nitrogen and oxygen atoms in total. The quantitative estimate of drug-likeness (QED) is 0.746. The Kier molecular flexibility index (Phi) is 4.55. The number of pyridine rings is 1. The molecule has 1 heterocycles. The molecule has 0 amide bonds. The Bertz CT molecular complexity index is 1050. The summed E-state index contributed by atoms with van der Waals surface area (Å²) in [6.45, 7) is 0. The van der Waals surface area contributed by atoms with Gasteiger partial charge in [0.25, 0.3) is 0 Å². The standard InChI is InChI=1S/C17H11ClF2N2O2S/c18-11-5-3-10(4-6-11)17-12(2-1-7-22-17)13-8-15(20)16(9-14(13)19)25(21,23)24/h1-9H,(H2,21,23,24). The third kappa shape index (κ3) is 3.53. The van der Waals surface area contributed by atoms with E-state index in [4.69, 9.17) is 16.7 Å². The van der Waals surface area contributed by atoms with Crippen LogP contribution in [0.25, 0.3) is 22.4 Å². The smallest absolute Gasteiger partial charge is 0.241 e. The number of sulfonamides is 1. The molecular weight excluding hydrogens is 370 g/mol. The van der Waals surface area contributed by atoms with E-state index in [-0.39, 0.29) is 5.56 Å². The van der Waals surface area contributed by atoms with Crippen LogP contribution >= 0.6 is 11.6 Å². The van der Waals surface area contributed by atoms with Gasteiger partial charge in [-0.25, -0.2) is 22.3 Å². The molecule has 0 aliphatic rings. The maximum atomic E-state index is 14.5. The van der Waals surface area contributed by atoms with Crippen LogP contribution in [0.3, 0.4) is 0 Å². The summed E-state index contributed by atoms with van der Waals surface area (Å²) in [5.41, 5.74) is 1.24. The van der Waals surface area contributed by atoms with E-state index in [0.29, 0.717) is 27.9 Å². The second-order valence-corrected chi connectivity index (χ2v) is 7.18. The van der Waals surface area contributed by atoms with Crippen LogP contribution in [0.2, 0.25) is 5.02 Å². The molecule has 2 aromatic carbocycles. The Balaban J connectivity index is 2.22. The third-order valence-corrected chi connectivity index (χ3v) is 4.72. The Morgan fingerprint density at radius 1 is 0.960 bits per heavy atom. The van der Waals surface area contributed by atoms with Gasteiger partial charge in [0.05, 0.1) is 5.69 Å². The maximum Gasteiger partial charge on any atom is 0.241 e. The molecule has 8 heteroatoms. The number of benzene rings is 2. The highest BCUT2D eigenvalue weighted by Crippen LogP contribution is 2.34. The molecule has 0 atom stereocenters. The third-order valence-electron chi connectivity index (χ3n) is 3.54. The number of hydrogen-bond donors (Lipinski definition) is 1. The van der Waals surface area contributed by atoms with E-state index in [1.54, 1.807) is 36.4 Å². The van der Waals surface area contributed by atoms with Gasteiger partial charge in [-0.15, -0.1) is 0 Å². The van der Waals surface area contributed by atoms with Gasteiger partial charge in [-0.3, -0.25) is 4.98 Å². The van der Waals surface area contributed by atoms with E-state index in [1.807, 2.05) is 0 Å². The molecule has 0 bridgehead atoms. The average Bonchev–Trinajstić information content (AvgIpc) is 2.56. The van der Waals surface area contributed by atoms with Gasteiger partial charge in [0.2, 0.25) is 10.0 Å². The number of halogens is 3. The summed E-state index contributed by atoms with van der Waals surface area (Å²) in [7, 11) is -4.37. The summed E-state index contributed by atoms with van der Waals surface area (Å²) in [5.74, 6) is -2.06. The molecule has 0 aliphatic carbocycles. The SMILES string of the molecule is NS(=O)(=O)c1cc(F)c(-c2cccnc2-c2ccc(Cl)cc2)cc1F. The fourth-order valence-electron chi connectivity index (χ4n) is 2.41. The second-order valence-electron chi connectivity index (χ2n) is 5.21. The van der Waals surface area contributed by atoms with Crippen LogP contribution in [0.5, 0.6) is 0 Å². The molecule has 3 aromatic rings. The summed E-state index contributed by atoms with van der Waals surface area (Å²) in [5, 5.41) is 5.42. The van der Waals surface area contributed by atoms with Gasteiger partial charge >= 0.3 is 0 Å². The number of primary sulfonamides is 1. The van der Waals surface area contributed by atoms with E-state index < -0.39 is 26.6 Å². The summed E-state index contributed by atoms with van der Waals surface area (Å²) >= 11 is 5.86. The number of hydrogen-bond acceptors (Lipinski definition) is 3. The topological polar surface area (TPSA) is 73.1 Å². The van der Waals surface area contributed by atoms with Gasteiger partial charge in [-0.2, -0.15) is 0 Å². The first-order chi connectivity index (χ1) is 11.8. The van der Waals surface area contributed by atoms with Crippen molar-refractivity contribution in [1.82, 2.24) is 4.98 Å². The van der Waals surface area contributed by atoms with Crippen LogP contribution in [0.15, 0.2) is 59.6 Å². The zero-order valence-electron chi connectivity index (χ0n) is 12.6. The molecule has 0 spiro atoms. The van der Waals surface area contributed by atoms with Gasteiger partial charge in [0.15, 0.2) is 0 Å². The van der Waals surface area contributed by atoms with Crippen LogP contribution in [-0.4, -0.2) is 13.4 Å². The molecule has 2 N–H and O–H groups in total. The maximum absolute atomic E-state index is 14.5.